The molecule has 0 radical (unpaired) electrons. The number of hydrogen-bond donors (Lipinski definition) is 0. The first-order valence-electron chi connectivity index (χ1n) is 10.3. The van der Waals surface area contributed by atoms with Crippen LogP contribution in [-0.2, 0) is 6.54 Å². The summed E-state index contributed by atoms with van der Waals surface area (Å²) in [5.74, 6) is 0.0508. The van der Waals surface area contributed by atoms with Crippen molar-refractivity contribution in [1.82, 2.24) is 19.6 Å². The van der Waals surface area contributed by atoms with Crippen LogP contribution in [0, 0.1) is 18.3 Å². The molecule has 0 bridgehead atoms. The van der Waals surface area contributed by atoms with E-state index in [-0.39, 0.29) is 5.91 Å². The number of amides is 1. The number of carbonyl (C=O) groups is 1. The molecule has 1 aliphatic heterocycles. The average molecular weight is 399 g/mol. The van der Waals surface area contributed by atoms with Crippen LogP contribution in [0.1, 0.15) is 33.6 Å². The molecule has 3 aromatic rings. The number of carbonyl (C=O) groups excluding carboxylic acids is 1. The largest absolute Gasteiger partial charge is 0.337 e. The lowest BCUT2D eigenvalue weighted by atomic mass is 10.1. The maximum absolute atomic E-state index is 13.2. The van der Waals surface area contributed by atoms with E-state index in [1.54, 1.807) is 6.20 Å². The van der Waals surface area contributed by atoms with E-state index >= 15 is 0 Å². The van der Waals surface area contributed by atoms with Gasteiger partial charge in [0.1, 0.15) is 0 Å². The van der Waals surface area contributed by atoms with Crippen molar-refractivity contribution in [1.29, 1.82) is 5.26 Å². The molecular formula is C24H25N5O. The molecule has 0 unspecified atom stereocenters. The number of nitriles is 1. The minimum absolute atomic E-state index is 0.0508. The highest BCUT2D eigenvalue weighted by Crippen LogP contribution is 2.17. The number of aromatic nitrogens is 2. The van der Waals surface area contributed by atoms with Crippen molar-refractivity contribution < 1.29 is 4.79 Å². The minimum atomic E-state index is 0.0508. The Kier molecular flexibility index (Phi) is 5.92. The first-order valence-corrected chi connectivity index (χ1v) is 10.3. The summed E-state index contributed by atoms with van der Waals surface area (Å²) in [5, 5.41) is 13.4. The topological polar surface area (TPSA) is 65.2 Å². The molecule has 2 heterocycles. The van der Waals surface area contributed by atoms with Gasteiger partial charge in [0.15, 0.2) is 0 Å². The normalized spacial score (nSPS) is 14.9. The Hall–Kier alpha value is -3.43. The summed E-state index contributed by atoms with van der Waals surface area (Å²) in [6.45, 7) is 6.01. The van der Waals surface area contributed by atoms with E-state index in [1.165, 1.54) is 5.56 Å². The molecule has 152 valence electrons. The molecule has 0 aliphatic carbocycles. The predicted octanol–water partition coefficient (Wildman–Crippen LogP) is 3.40. The maximum Gasteiger partial charge on any atom is 0.257 e. The van der Waals surface area contributed by atoms with Gasteiger partial charge in [0.05, 0.1) is 34.8 Å². The second kappa shape index (κ2) is 8.93. The van der Waals surface area contributed by atoms with Crippen molar-refractivity contribution in [2.24, 2.45) is 0 Å². The van der Waals surface area contributed by atoms with Crippen molar-refractivity contribution in [3.05, 3.63) is 83.2 Å². The minimum Gasteiger partial charge on any atom is -0.337 e. The zero-order valence-electron chi connectivity index (χ0n) is 17.2. The molecule has 0 atom stereocenters. The van der Waals surface area contributed by atoms with E-state index < -0.39 is 0 Å². The lowest BCUT2D eigenvalue weighted by Crippen LogP contribution is -2.35. The second-order valence-electron chi connectivity index (χ2n) is 7.62. The predicted molar refractivity (Wildman–Crippen MR) is 115 cm³/mol. The van der Waals surface area contributed by atoms with Crippen molar-refractivity contribution in [2.75, 3.05) is 26.2 Å². The molecular weight excluding hydrogens is 374 g/mol. The Balaban J connectivity index is 1.41. The summed E-state index contributed by atoms with van der Waals surface area (Å²) in [7, 11) is 0. The summed E-state index contributed by atoms with van der Waals surface area (Å²) >= 11 is 0. The van der Waals surface area contributed by atoms with Gasteiger partial charge in [-0.15, -0.1) is 0 Å². The van der Waals surface area contributed by atoms with Crippen LogP contribution in [0.2, 0.25) is 0 Å². The smallest absolute Gasteiger partial charge is 0.257 e. The van der Waals surface area contributed by atoms with Crippen molar-refractivity contribution in [3.63, 3.8) is 0 Å². The lowest BCUT2D eigenvalue weighted by Gasteiger charge is -2.22. The van der Waals surface area contributed by atoms with Crippen LogP contribution < -0.4 is 0 Å². The molecule has 1 amide bonds. The Morgan fingerprint density at radius 3 is 2.53 bits per heavy atom. The third-order valence-corrected chi connectivity index (χ3v) is 5.61. The number of nitrogens with zero attached hydrogens (tertiary/aromatic N) is 5. The molecule has 30 heavy (non-hydrogen) atoms. The molecule has 4 rings (SSSR count). The Bertz CT molecular complexity index is 1050. The van der Waals surface area contributed by atoms with E-state index in [0.717, 1.165) is 44.0 Å². The quantitative estimate of drug-likeness (QED) is 0.674. The van der Waals surface area contributed by atoms with Gasteiger partial charge < -0.3 is 4.90 Å². The maximum atomic E-state index is 13.2. The third-order valence-electron chi connectivity index (χ3n) is 5.61. The Morgan fingerprint density at radius 1 is 1.03 bits per heavy atom. The Morgan fingerprint density at radius 2 is 1.80 bits per heavy atom. The van der Waals surface area contributed by atoms with Gasteiger partial charge in [0.2, 0.25) is 0 Å². The fourth-order valence-electron chi connectivity index (χ4n) is 3.89. The number of rotatable bonds is 4. The fraction of sp³-hybridized carbons (Fsp3) is 0.292. The first kappa shape index (κ1) is 19.9. The van der Waals surface area contributed by atoms with Crippen LogP contribution in [0.15, 0.2) is 60.8 Å². The fourth-order valence-corrected chi connectivity index (χ4v) is 3.89. The van der Waals surface area contributed by atoms with E-state index in [9.17, 15) is 4.79 Å². The van der Waals surface area contributed by atoms with Gasteiger partial charge in [-0.25, -0.2) is 4.68 Å². The van der Waals surface area contributed by atoms with Gasteiger partial charge in [0.25, 0.3) is 5.91 Å². The molecule has 1 aromatic heterocycles. The van der Waals surface area contributed by atoms with Crippen molar-refractivity contribution in [3.8, 4) is 11.8 Å². The molecule has 0 spiro atoms. The average Bonchev–Trinajstić information content (AvgIpc) is 3.01. The van der Waals surface area contributed by atoms with E-state index in [2.05, 4.69) is 16.1 Å². The van der Waals surface area contributed by atoms with Crippen LogP contribution >= 0.6 is 0 Å². The number of para-hydroxylation sites is 1. The van der Waals surface area contributed by atoms with Gasteiger partial charge in [-0.3, -0.25) is 9.69 Å². The van der Waals surface area contributed by atoms with Crippen molar-refractivity contribution in [2.45, 2.75) is 19.9 Å². The van der Waals surface area contributed by atoms with E-state index in [0.29, 0.717) is 17.7 Å². The van der Waals surface area contributed by atoms with Crippen molar-refractivity contribution >= 4 is 5.91 Å². The molecule has 0 saturated carbocycles. The highest BCUT2D eigenvalue weighted by atomic mass is 16.2. The number of hydrogen-bond acceptors (Lipinski definition) is 4. The SMILES string of the molecule is Cc1c(C(=O)N2CCCN(Cc3ccc(C#N)cc3)CC2)cnn1-c1ccccc1. The van der Waals surface area contributed by atoms with Gasteiger partial charge in [-0.2, -0.15) is 10.4 Å². The van der Waals surface area contributed by atoms with E-state index in [4.69, 9.17) is 5.26 Å². The van der Waals surface area contributed by atoms with Gasteiger partial charge in [0, 0.05) is 32.7 Å². The first-order chi connectivity index (χ1) is 14.7. The standard InChI is InChI=1S/C24H25N5O/c1-19-23(17-26-29(19)22-6-3-2-4-7-22)24(30)28-13-5-12-27(14-15-28)18-21-10-8-20(16-25)9-11-21/h2-4,6-11,17H,5,12-15,18H2,1H3. The van der Waals surface area contributed by atoms with Crippen LogP contribution in [0.3, 0.4) is 0 Å². The van der Waals surface area contributed by atoms with E-state index in [1.807, 2.05) is 71.1 Å². The highest BCUT2D eigenvalue weighted by Gasteiger charge is 2.23. The zero-order chi connectivity index (χ0) is 20.9. The third kappa shape index (κ3) is 4.27. The van der Waals surface area contributed by atoms with Crippen LogP contribution in [0.4, 0.5) is 0 Å². The second-order valence-corrected chi connectivity index (χ2v) is 7.62. The molecule has 1 aliphatic rings. The van der Waals surface area contributed by atoms with Crippen LogP contribution in [0.5, 0.6) is 0 Å². The molecule has 1 saturated heterocycles. The van der Waals surface area contributed by atoms with Gasteiger partial charge >= 0.3 is 0 Å². The summed E-state index contributed by atoms with van der Waals surface area (Å²) in [4.78, 5) is 17.5. The summed E-state index contributed by atoms with van der Waals surface area (Å²) in [6, 6.07) is 19.8. The number of benzene rings is 2. The molecule has 0 N–H and O–H groups in total. The van der Waals surface area contributed by atoms with Crippen LogP contribution in [0.25, 0.3) is 5.69 Å². The Labute approximate surface area is 177 Å². The lowest BCUT2D eigenvalue weighted by molar-refractivity contribution is 0.0760. The summed E-state index contributed by atoms with van der Waals surface area (Å²) < 4.78 is 1.82. The molecule has 6 nitrogen and oxygen atoms in total. The molecule has 6 heteroatoms. The van der Waals surface area contributed by atoms with Gasteiger partial charge in [-0.05, 0) is 43.2 Å². The zero-order valence-corrected chi connectivity index (χ0v) is 17.2. The summed E-state index contributed by atoms with van der Waals surface area (Å²) in [5.41, 5.74) is 4.36. The summed E-state index contributed by atoms with van der Waals surface area (Å²) in [6.07, 6.45) is 2.62. The molecule has 1 fully saturated rings. The van der Waals surface area contributed by atoms with Crippen LogP contribution in [-0.4, -0.2) is 51.7 Å². The molecule has 2 aromatic carbocycles. The van der Waals surface area contributed by atoms with Gasteiger partial charge in [-0.1, -0.05) is 30.3 Å². The highest BCUT2D eigenvalue weighted by molar-refractivity contribution is 5.95. The monoisotopic (exact) mass is 399 g/mol.